The van der Waals surface area contributed by atoms with Gasteiger partial charge in [0.25, 0.3) is 17.4 Å². The molecule has 33 heavy (non-hydrogen) atoms. The molecule has 0 aliphatic heterocycles. The number of aromatic amines is 1. The van der Waals surface area contributed by atoms with Crippen LogP contribution >= 0.6 is 11.8 Å². The number of hydrogen-bond acceptors (Lipinski definition) is 5. The van der Waals surface area contributed by atoms with Crippen molar-refractivity contribution in [2.75, 3.05) is 16.9 Å². The van der Waals surface area contributed by atoms with Crippen LogP contribution in [0, 0.1) is 11.3 Å². The molecule has 0 spiro atoms. The minimum Gasteiger partial charge on any atom is -0.322 e. The molecule has 0 aliphatic rings. The van der Waals surface area contributed by atoms with Crippen molar-refractivity contribution in [3.63, 3.8) is 0 Å². The zero-order valence-corrected chi connectivity index (χ0v) is 17.7. The average Bonchev–Trinajstić information content (AvgIpc) is 2.78. The molecule has 2 aromatic carbocycles. The van der Waals surface area contributed by atoms with Gasteiger partial charge < -0.3 is 15.6 Å². The van der Waals surface area contributed by atoms with E-state index in [1.165, 1.54) is 42.5 Å². The molecule has 0 bridgehead atoms. The third-order valence-corrected chi connectivity index (χ3v) is 5.13. The van der Waals surface area contributed by atoms with E-state index < -0.39 is 29.1 Å². The van der Waals surface area contributed by atoms with E-state index in [0.717, 1.165) is 23.9 Å². The number of H-pyrrole nitrogens is 1. The van der Waals surface area contributed by atoms with Crippen molar-refractivity contribution in [2.24, 2.45) is 0 Å². The van der Waals surface area contributed by atoms with Gasteiger partial charge in [-0.25, -0.2) is 0 Å². The number of rotatable bonds is 5. The van der Waals surface area contributed by atoms with Crippen molar-refractivity contribution in [1.29, 1.82) is 5.26 Å². The van der Waals surface area contributed by atoms with E-state index in [-0.39, 0.29) is 28.1 Å². The molecule has 0 fully saturated rings. The van der Waals surface area contributed by atoms with Crippen LogP contribution in [0.5, 0.6) is 0 Å². The lowest BCUT2D eigenvalue weighted by Gasteiger charge is -2.11. The number of anilines is 2. The largest absolute Gasteiger partial charge is 0.416 e. The normalized spacial score (nSPS) is 10.9. The molecule has 2 amide bonds. The van der Waals surface area contributed by atoms with E-state index in [9.17, 15) is 32.8 Å². The van der Waals surface area contributed by atoms with Gasteiger partial charge in [0.05, 0.1) is 16.2 Å². The number of alkyl halides is 3. The van der Waals surface area contributed by atoms with Crippen LogP contribution in [-0.4, -0.2) is 23.1 Å². The number of carbonyl (C=O) groups is 2. The first-order chi connectivity index (χ1) is 15.6. The van der Waals surface area contributed by atoms with Gasteiger partial charge in [-0.15, -0.1) is 11.8 Å². The van der Waals surface area contributed by atoms with Gasteiger partial charge in [-0.3, -0.25) is 14.4 Å². The maximum Gasteiger partial charge on any atom is 0.416 e. The van der Waals surface area contributed by atoms with Gasteiger partial charge in [-0.05, 0) is 48.7 Å². The van der Waals surface area contributed by atoms with Crippen molar-refractivity contribution in [3.05, 3.63) is 87.2 Å². The monoisotopic (exact) mass is 472 g/mol. The predicted octanol–water partition coefficient (Wildman–Crippen LogP) is 4.49. The molecule has 0 atom stereocenters. The van der Waals surface area contributed by atoms with Crippen LogP contribution in [0.15, 0.2) is 64.4 Å². The quantitative estimate of drug-likeness (QED) is 0.474. The Kier molecular flexibility index (Phi) is 6.89. The molecule has 0 saturated heterocycles. The lowest BCUT2D eigenvalue weighted by molar-refractivity contribution is -0.137. The van der Waals surface area contributed by atoms with Gasteiger partial charge in [-0.2, -0.15) is 18.4 Å². The van der Waals surface area contributed by atoms with Crippen LogP contribution in [-0.2, 0) is 6.18 Å². The van der Waals surface area contributed by atoms with Gasteiger partial charge in [0.15, 0.2) is 0 Å². The minimum absolute atomic E-state index is 0.0475. The maximum atomic E-state index is 12.9. The highest BCUT2D eigenvalue weighted by Crippen LogP contribution is 2.30. The van der Waals surface area contributed by atoms with E-state index in [4.69, 9.17) is 0 Å². The van der Waals surface area contributed by atoms with Crippen molar-refractivity contribution in [3.8, 4) is 6.07 Å². The second kappa shape index (κ2) is 9.62. The number of carbonyl (C=O) groups excluding carboxylic acids is 2. The van der Waals surface area contributed by atoms with E-state index in [2.05, 4.69) is 15.6 Å². The van der Waals surface area contributed by atoms with Crippen molar-refractivity contribution in [1.82, 2.24) is 4.98 Å². The molecule has 168 valence electrons. The summed E-state index contributed by atoms with van der Waals surface area (Å²) < 4.78 is 38.6. The second-order valence-electron chi connectivity index (χ2n) is 6.64. The summed E-state index contributed by atoms with van der Waals surface area (Å²) >= 11 is 1.15. The SMILES string of the molecule is CSc1[nH]c(=O)c(C(=O)Nc2cccc(C(=O)Nc3cccc(C(F)(F)F)c3)c2)cc1C#N. The van der Waals surface area contributed by atoms with Crippen LogP contribution < -0.4 is 16.2 Å². The Bertz CT molecular complexity index is 1330. The lowest BCUT2D eigenvalue weighted by Crippen LogP contribution is -2.24. The van der Waals surface area contributed by atoms with Crippen molar-refractivity contribution >= 4 is 35.0 Å². The van der Waals surface area contributed by atoms with Crippen LogP contribution in [0.2, 0.25) is 0 Å². The summed E-state index contributed by atoms with van der Waals surface area (Å²) in [4.78, 5) is 39.7. The molecular formula is C22H15F3N4O3S. The zero-order chi connectivity index (χ0) is 24.2. The Labute approximate surface area is 189 Å². The first kappa shape index (κ1) is 23.6. The van der Waals surface area contributed by atoms with Crippen LogP contribution in [0.25, 0.3) is 0 Å². The summed E-state index contributed by atoms with van der Waals surface area (Å²) in [7, 11) is 0. The van der Waals surface area contributed by atoms with Crippen molar-refractivity contribution < 1.29 is 22.8 Å². The number of nitrogens with one attached hydrogen (secondary N) is 3. The number of hydrogen-bond donors (Lipinski definition) is 3. The second-order valence-corrected chi connectivity index (χ2v) is 7.45. The maximum absolute atomic E-state index is 12.9. The Morgan fingerprint density at radius 3 is 2.27 bits per heavy atom. The lowest BCUT2D eigenvalue weighted by atomic mass is 10.1. The third kappa shape index (κ3) is 5.61. The summed E-state index contributed by atoms with van der Waals surface area (Å²) in [6, 6.07) is 12.9. The summed E-state index contributed by atoms with van der Waals surface area (Å²) in [5.41, 5.74) is -1.57. The standard InChI is InChI=1S/C22H15F3N4O3S/c1-33-21-13(11-26)9-17(20(32)29-21)19(31)28-15-6-2-4-12(8-15)18(30)27-16-7-3-5-14(10-16)22(23,24)25/h2-10H,1H3,(H,27,30)(H,28,31)(H,29,32). The first-order valence-electron chi connectivity index (χ1n) is 9.24. The Morgan fingerprint density at radius 2 is 1.64 bits per heavy atom. The molecule has 3 rings (SSSR count). The molecule has 0 unspecified atom stereocenters. The van der Waals surface area contributed by atoms with Crippen LogP contribution in [0.3, 0.4) is 0 Å². The number of pyridine rings is 1. The van der Waals surface area contributed by atoms with Gasteiger partial charge in [0.2, 0.25) is 0 Å². The number of amides is 2. The first-order valence-corrected chi connectivity index (χ1v) is 10.5. The Balaban J connectivity index is 1.79. The number of nitrogens with zero attached hydrogens (tertiary/aromatic N) is 1. The number of benzene rings is 2. The molecule has 0 saturated carbocycles. The fraction of sp³-hybridized carbons (Fsp3) is 0.0909. The van der Waals surface area contributed by atoms with Gasteiger partial charge >= 0.3 is 6.18 Å². The summed E-state index contributed by atoms with van der Waals surface area (Å²) in [6.07, 6.45) is -2.88. The highest BCUT2D eigenvalue weighted by atomic mass is 32.2. The zero-order valence-electron chi connectivity index (χ0n) is 16.9. The molecule has 0 radical (unpaired) electrons. The van der Waals surface area contributed by atoms with E-state index in [1.807, 2.05) is 6.07 Å². The van der Waals surface area contributed by atoms with Crippen molar-refractivity contribution in [2.45, 2.75) is 11.2 Å². The number of halogens is 3. The van der Waals surface area contributed by atoms with Gasteiger partial charge in [0, 0.05) is 16.9 Å². The molecular weight excluding hydrogens is 457 g/mol. The minimum atomic E-state index is -4.55. The molecule has 11 heteroatoms. The fourth-order valence-electron chi connectivity index (χ4n) is 2.84. The molecule has 3 N–H and O–H groups in total. The van der Waals surface area contributed by atoms with Gasteiger partial charge in [0.1, 0.15) is 11.6 Å². The Morgan fingerprint density at radius 1 is 1.00 bits per heavy atom. The topological polar surface area (TPSA) is 115 Å². The van der Waals surface area contributed by atoms with E-state index >= 15 is 0 Å². The van der Waals surface area contributed by atoms with Crippen LogP contribution in [0.1, 0.15) is 31.8 Å². The van der Waals surface area contributed by atoms with E-state index in [1.54, 1.807) is 6.26 Å². The number of aromatic nitrogens is 1. The summed E-state index contributed by atoms with van der Waals surface area (Å²) in [5.74, 6) is -1.49. The molecule has 0 aliphatic carbocycles. The molecule has 1 aromatic heterocycles. The van der Waals surface area contributed by atoms with Crippen LogP contribution in [0.4, 0.5) is 24.5 Å². The molecule has 7 nitrogen and oxygen atoms in total. The number of thioether (sulfide) groups is 1. The van der Waals surface area contributed by atoms with E-state index in [0.29, 0.717) is 5.03 Å². The molecule has 3 aromatic rings. The molecule has 1 heterocycles. The third-order valence-electron chi connectivity index (χ3n) is 4.40. The van der Waals surface area contributed by atoms with Gasteiger partial charge in [-0.1, -0.05) is 12.1 Å². The average molecular weight is 472 g/mol. The smallest absolute Gasteiger partial charge is 0.322 e. The summed E-state index contributed by atoms with van der Waals surface area (Å²) in [6.45, 7) is 0. The summed E-state index contributed by atoms with van der Waals surface area (Å²) in [5, 5.41) is 14.4. The highest BCUT2D eigenvalue weighted by molar-refractivity contribution is 7.98. The fourth-order valence-corrected chi connectivity index (χ4v) is 3.36. The number of nitriles is 1. The predicted molar refractivity (Wildman–Crippen MR) is 117 cm³/mol. The Hall–Kier alpha value is -4.04. The highest BCUT2D eigenvalue weighted by Gasteiger charge is 2.30.